The van der Waals surface area contributed by atoms with Crippen LogP contribution in [0, 0.1) is 0 Å². The Kier molecular flexibility index (Phi) is 4.72. The van der Waals surface area contributed by atoms with Crippen molar-refractivity contribution in [2.75, 3.05) is 0 Å². The Labute approximate surface area is 119 Å². The Morgan fingerprint density at radius 3 is 2.25 bits per heavy atom. The molecule has 0 spiro atoms. The fourth-order valence-electron chi connectivity index (χ4n) is 1.69. The van der Waals surface area contributed by atoms with E-state index in [1.165, 1.54) is 0 Å². The summed E-state index contributed by atoms with van der Waals surface area (Å²) in [7, 11) is 5.54. The van der Waals surface area contributed by atoms with E-state index in [4.69, 9.17) is 12.6 Å². The van der Waals surface area contributed by atoms with E-state index in [-0.39, 0.29) is 18.8 Å². The average molecular weight is 264 g/mol. The van der Waals surface area contributed by atoms with E-state index in [0.29, 0.717) is 11.0 Å². The second-order valence-corrected chi connectivity index (χ2v) is 4.37. The van der Waals surface area contributed by atoms with Crippen LogP contribution >= 0.6 is 0 Å². The van der Waals surface area contributed by atoms with Crippen LogP contribution in [-0.4, -0.2) is 19.6 Å². The lowest BCUT2D eigenvalue weighted by atomic mass is 9.94. The molecule has 0 aromatic heterocycles. The van der Waals surface area contributed by atoms with Crippen molar-refractivity contribution in [2.24, 2.45) is 0 Å². The number of ketones is 1. The van der Waals surface area contributed by atoms with E-state index in [9.17, 15) is 9.59 Å². The molecule has 0 unspecified atom stereocenters. The Morgan fingerprint density at radius 1 is 0.950 bits per heavy atom. The summed E-state index contributed by atoms with van der Waals surface area (Å²) >= 11 is 0. The smallest absolute Gasteiger partial charge is 0.314 e. The molecule has 4 heteroatoms. The van der Waals surface area contributed by atoms with E-state index < -0.39 is 5.97 Å². The number of Topliss-reactive ketones (excluding diaryl/α,β-unsaturated/α-hetero) is 1. The van der Waals surface area contributed by atoms with Crippen LogP contribution in [0.4, 0.5) is 0 Å². The molecule has 0 aliphatic rings. The summed E-state index contributed by atoms with van der Waals surface area (Å²) in [5.74, 6) is -0.807. The van der Waals surface area contributed by atoms with Gasteiger partial charge in [0.1, 0.15) is 20.9 Å². The summed E-state index contributed by atoms with van der Waals surface area (Å²) in [4.78, 5) is 23.4. The van der Waals surface area contributed by atoms with Gasteiger partial charge in [0, 0.05) is 5.56 Å². The van der Waals surface area contributed by atoms with Crippen LogP contribution in [0.15, 0.2) is 54.6 Å². The van der Waals surface area contributed by atoms with Gasteiger partial charge in [-0.15, -0.1) is 0 Å². The molecule has 20 heavy (non-hydrogen) atoms. The molecule has 0 amide bonds. The van der Waals surface area contributed by atoms with Crippen LogP contribution in [0.1, 0.15) is 22.3 Å². The molecule has 0 N–H and O–H groups in total. The minimum absolute atomic E-state index is 0.175. The van der Waals surface area contributed by atoms with Gasteiger partial charge in [-0.2, -0.15) is 0 Å². The predicted octanol–water partition coefficient (Wildman–Crippen LogP) is 1.80. The molecule has 0 fully saturated rings. The Morgan fingerprint density at radius 2 is 1.60 bits per heavy atom. The zero-order valence-electron chi connectivity index (χ0n) is 10.9. The van der Waals surface area contributed by atoms with E-state index >= 15 is 0 Å². The van der Waals surface area contributed by atoms with Crippen LogP contribution in [0.25, 0.3) is 0 Å². The van der Waals surface area contributed by atoms with Crippen LogP contribution in [0.2, 0.25) is 0 Å². The van der Waals surface area contributed by atoms with Gasteiger partial charge in [0.25, 0.3) is 0 Å². The van der Waals surface area contributed by atoms with Crippen LogP contribution in [0.5, 0.6) is 0 Å². The first-order valence-electron chi connectivity index (χ1n) is 6.23. The van der Waals surface area contributed by atoms with Crippen LogP contribution in [0.3, 0.4) is 0 Å². The summed E-state index contributed by atoms with van der Waals surface area (Å²) in [5.41, 5.74) is 1.92. The Bertz CT molecular complexity index is 591. The first kappa shape index (κ1) is 14.1. The minimum atomic E-state index is -0.532. The molecule has 98 valence electrons. The van der Waals surface area contributed by atoms with Crippen molar-refractivity contribution >= 4 is 25.1 Å². The molecule has 0 aliphatic carbocycles. The van der Waals surface area contributed by atoms with E-state index in [1.54, 1.807) is 24.3 Å². The molecule has 2 radical (unpaired) electrons. The maximum atomic E-state index is 11.8. The van der Waals surface area contributed by atoms with Crippen molar-refractivity contribution < 1.29 is 14.3 Å². The molecular weight excluding hydrogens is 251 g/mol. The van der Waals surface area contributed by atoms with Crippen molar-refractivity contribution in [1.82, 2.24) is 0 Å². The summed E-state index contributed by atoms with van der Waals surface area (Å²) < 4.78 is 5.06. The molecule has 0 bridgehead atoms. The van der Waals surface area contributed by atoms with E-state index in [1.807, 2.05) is 30.3 Å². The van der Waals surface area contributed by atoms with Gasteiger partial charge in [0.2, 0.25) is 0 Å². The SMILES string of the molecule is [B]c1ccc(C(=O)CC(=O)OCc2ccccc2)cc1. The van der Waals surface area contributed by atoms with Gasteiger partial charge in [-0.1, -0.05) is 60.1 Å². The fourth-order valence-corrected chi connectivity index (χ4v) is 1.69. The first-order chi connectivity index (χ1) is 9.65. The topological polar surface area (TPSA) is 43.4 Å². The second-order valence-electron chi connectivity index (χ2n) is 4.37. The lowest BCUT2D eigenvalue weighted by Gasteiger charge is -2.05. The summed E-state index contributed by atoms with van der Waals surface area (Å²) in [5, 5.41) is 0. The number of hydrogen-bond donors (Lipinski definition) is 0. The fraction of sp³-hybridized carbons (Fsp3) is 0.125. The number of carbonyl (C=O) groups excluding carboxylic acids is 2. The zero-order chi connectivity index (χ0) is 14.4. The largest absolute Gasteiger partial charge is 0.460 e. The molecule has 3 nitrogen and oxygen atoms in total. The highest BCUT2D eigenvalue weighted by Crippen LogP contribution is 2.05. The number of esters is 1. The van der Waals surface area contributed by atoms with Crippen LogP contribution < -0.4 is 5.46 Å². The number of ether oxygens (including phenoxy) is 1. The van der Waals surface area contributed by atoms with Crippen molar-refractivity contribution in [1.29, 1.82) is 0 Å². The Balaban J connectivity index is 1.85. The first-order valence-corrected chi connectivity index (χ1v) is 6.23. The standard InChI is InChI=1S/C16H13BO3/c17-14-8-6-13(7-9-14)15(18)10-16(19)20-11-12-4-2-1-3-5-12/h1-9H,10-11H2. The number of hydrogen-bond acceptors (Lipinski definition) is 3. The molecule has 0 heterocycles. The molecule has 0 atom stereocenters. The summed E-state index contributed by atoms with van der Waals surface area (Å²) in [6, 6.07) is 15.8. The third-order valence-electron chi connectivity index (χ3n) is 2.78. The summed E-state index contributed by atoms with van der Waals surface area (Å²) in [6.45, 7) is 0.175. The monoisotopic (exact) mass is 264 g/mol. The van der Waals surface area contributed by atoms with Gasteiger partial charge < -0.3 is 4.74 Å². The minimum Gasteiger partial charge on any atom is -0.460 e. The highest BCUT2D eigenvalue weighted by atomic mass is 16.5. The van der Waals surface area contributed by atoms with E-state index in [0.717, 1.165) is 5.56 Å². The van der Waals surface area contributed by atoms with Crippen LogP contribution in [-0.2, 0) is 16.1 Å². The number of benzene rings is 2. The van der Waals surface area contributed by atoms with Gasteiger partial charge in [-0.25, -0.2) is 0 Å². The highest BCUT2D eigenvalue weighted by Gasteiger charge is 2.12. The number of rotatable bonds is 5. The predicted molar refractivity (Wildman–Crippen MR) is 77.0 cm³/mol. The van der Waals surface area contributed by atoms with Crippen molar-refractivity contribution in [3.63, 3.8) is 0 Å². The third-order valence-corrected chi connectivity index (χ3v) is 2.78. The van der Waals surface area contributed by atoms with Gasteiger partial charge in [-0.05, 0) is 5.56 Å². The molecule has 0 aliphatic heterocycles. The van der Waals surface area contributed by atoms with E-state index in [2.05, 4.69) is 0 Å². The average Bonchev–Trinajstić information content (AvgIpc) is 2.47. The van der Waals surface area contributed by atoms with Crippen molar-refractivity contribution in [3.8, 4) is 0 Å². The molecule has 0 saturated heterocycles. The third kappa shape index (κ3) is 4.09. The zero-order valence-corrected chi connectivity index (χ0v) is 10.9. The molecule has 0 saturated carbocycles. The Hall–Kier alpha value is -2.36. The van der Waals surface area contributed by atoms with Gasteiger partial charge in [-0.3, -0.25) is 9.59 Å². The quantitative estimate of drug-likeness (QED) is 0.358. The molecular formula is C16H13BO3. The maximum absolute atomic E-state index is 11.8. The molecule has 2 aromatic rings. The van der Waals surface area contributed by atoms with Crippen molar-refractivity contribution in [3.05, 3.63) is 65.7 Å². The highest BCUT2D eigenvalue weighted by molar-refractivity contribution is 6.32. The molecule has 2 aromatic carbocycles. The summed E-state index contributed by atoms with van der Waals surface area (Å²) in [6.07, 6.45) is -0.267. The lowest BCUT2D eigenvalue weighted by Crippen LogP contribution is -2.12. The maximum Gasteiger partial charge on any atom is 0.314 e. The van der Waals surface area contributed by atoms with Gasteiger partial charge in [0.05, 0.1) is 0 Å². The van der Waals surface area contributed by atoms with Gasteiger partial charge >= 0.3 is 5.97 Å². The normalized spacial score (nSPS) is 10.0. The van der Waals surface area contributed by atoms with Crippen molar-refractivity contribution in [2.45, 2.75) is 13.0 Å². The number of carbonyl (C=O) groups is 2. The molecule has 2 rings (SSSR count). The van der Waals surface area contributed by atoms with Gasteiger partial charge in [0.15, 0.2) is 5.78 Å². The lowest BCUT2D eigenvalue weighted by molar-refractivity contribution is -0.143. The second kappa shape index (κ2) is 6.71.